The first-order valence-electron chi connectivity index (χ1n) is 9.02. The maximum Gasteiger partial charge on any atom is 0.387 e. The van der Waals surface area contributed by atoms with Gasteiger partial charge >= 0.3 is 25.0 Å². The van der Waals surface area contributed by atoms with E-state index >= 15 is 0 Å². The first kappa shape index (κ1) is 24.3. The van der Waals surface area contributed by atoms with Crippen molar-refractivity contribution in [2.45, 2.75) is 38.5 Å². The largest absolute Gasteiger partial charge is 0.435 e. The Morgan fingerprint density at radius 3 is 2.45 bits per heavy atom. The smallest absolute Gasteiger partial charge is 0.387 e. The average molecular weight is 450 g/mol. The van der Waals surface area contributed by atoms with Crippen molar-refractivity contribution >= 4 is 11.7 Å². The number of hydrogen-bond acceptors (Lipinski definition) is 3. The minimum Gasteiger partial charge on any atom is -0.435 e. The van der Waals surface area contributed by atoms with Gasteiger partial charge in [0.25, 0.3) is 0 Å². The highest BCUT2D eigenvalue weighted by Crippen LogP contribution is 2.24. The number of nitrogens with one attached hydrogen (secondary N) is 2. The topological polar surface area (TPSA) is 59.6 Å². The van der Waals surface area contributed by atoms with Gasteiger partial charge in [-0.25, -0.2) is 13.6 Å². The SMILES string of the molecule is CC(NC(=O)Nc1cccc(COCC(F)(F)C(F)F)c1)c1cccc(OC(F)F)c1. The van der Waals surface area contributed by atoms with Crippen LogP contribution < -0.4 is 15.4 Å². The number of rotatable bonds is 10. The molecule has 11 heteroatoms. The lowest BCUT2D eigenvalue weighted by Crippen LogP contribution is -2.32. The van der Waals surface area contributed by atoms with Crippen molar-refractivity contribution in [2.75, 3.05) is 11.9 Å². The maximum atomic E-state index is 12.9. The Bertz CT molecular complexity index is 866. The van der Waals surface area contributed by atoms with Crippen LogP contribution in [0.15, 0.2) is 48.5 Å². The third kappa shape index (κ3) is 8.00. The summed E-state index contributed by atoms with van der Waals surface area (Å²) < 4.78 is 83.6. The van der Waals surface area contributed by atoms with Gasteiger partial charge in [-0.05, 0) is 42.3 Å². The molecule has 2 amide bonds. The van der Waals surface area contributed by atoms with Gasteiger partial charge in [0.15, 0.2) is 0 Å². The van der Waals surface area contributed by atoms with Crippen LogP contribution in [0.1, 0.15) is 24.1 Å². The van der Waals surface area contributed by atoms with Crippen LogP contribution in [0.3, 0.4) is 0 Å². The summed E-state index contributed by atoms with van der Waals surface area (Å²) in [6, 6.07) is 10.7. The number of carbonyl (C=O) groups is 1. The molecule has 0 radical (unpaired) electrons. The van der Waals surface area contributed by atoms with Crippen molar-refractivity contribution in [2.24, 2.45) is 0 Å². The number of benzene rings is 2. The van der Waals surface area contributed by atoms with Gasteiger partial charge < -0.3 is 20.1 Å². The van der Waals surface area contributed by atoms with Crippen LogP contribution in [0.4, 0.5) is 36.8 Å². The second-order valence-corrected chi connectivity index (χ2v) is 6.53. The Kier molecular flexibility index (Phi) is 8.55. The summed E-state index contributed by atoms with van der Waals surface area (Å²) >= 11 is 0. The third-order valence-corrected chi connectivity index (χ3v) is 4.00. The van der Waals surface area contributed by atoms with E-state index in [-0.39, 0.29) is 12.4 Å². The van der Waals surface area contributed by atoms with E-state index < -0.39 is 37.6 Å². The van der Waals surface area contributed by atoms with E-state index in [1.54, 1.807) is 13.0 Å². The lowest BCUT2D eigenvalue weighted by molar-refractivity contribution is -0.168. The Morgan fingerprint density at radius 1 is 1.06 bits per heavy atom. The molecular formula is C20H20F6N2O3. The third-order valence-electron chi connectivity index (χ3n) is 4.00. The average Bonchev–Trinajstić information content (AvgIpc) is 2.67. The standard InChI is InChI=1S/C20H20F6N2O3/c1-12(14-5-3-7-16(9-14)31-18(23)24)27-19(29)28-15-6-2-4-13(8-15)10-30-11-20(25,26)17(21)22/h2-9,12,17-18H,10-11H2,1H3,(H2,27,28,29). The molecule has 170 valence electrons. The molecule has 0 bridgehead atoms. The number of hydrogen-bond donors (Lipinski definition) is 2. The summed E-state index contributed by atoms with van der Waals surface area (Å²) in [4.78, 5) is 12.2. The zero-order valence-electron chi connectivity index (χ0n) is 16.3. The molecule has 5 nitrogen and oxygen atoms in total. The fourth-order valence-electron chi connectivity index (χ4n) is 2.51. The fourth-order valence-corrected chi connectivity index (χ4v) is 2.51. The fraction of sp³-hybridized carbons (Fsp3) is 0.350. The lowest BCUT2D eigenvalue weighted by atomic mass is 10.1. The molecular weight excluding hydrogens is 430 g/mol. The summed E-state index contributed by atoms with van der Waals surface area (Å²) in [5.41, 5.74) is 1.21. The Hall–Kier alpha value is -2.95. The van der Waals surface area contributed by atoms with E-state index in [0.29, 0.717) is 16.8 Å². The van der Waals surface area contributed by atoms with Gasteiger partial charge in [0.1, 0.15) is 12.4 Å². The van der Waals surface area contributed by atoms with Crippen LogP contribution in [0.2, 0.25) is 0 Å². The number of halogens is 6. The van der Waals surface area contributed by atoms with Crippen LogP contribution in [-0.2, 0) is 11.3 Å². The zero-order valence-corrected chi connectivity index (χ0v) is 16.3. The van der Waals surface area contributed by atoms with Crippen molar-refractivity contribution < 1.29 is 40.6 Å². The number of ether oxygens (including phenoxy) is 2. The van der Waals surface area contributed by atoms with Gasteiger partial charge in [0.05, 0.1) is 12.6 Å². The first-order chi connectivity index (χ1) is 14.6. The molecule has 0 aliphatic carbocycles. The van der Waals surface area contributed by atoms with E-state index in [1.165, 1.54) is 42.5 Å². The molecule has 0 saturated carbocycles. The summed E-state index contributed by atoms with van der Waals surface area (Å²) in [6.45, 7) is -3.13. The molecule has 2 aromatic carbocycles. The van der Waals surface area contributed by atoms with Crippen molar-refractivity contribution in [1.82, 2.24) is 5.32 Å². The molecule has 0 heterocycles. The highest BCUT2D eigenvalue weighted by molar-refractivity contribution is 5.89. The second kappa shape index (κ2) is 10.9. The summed E-state index contributed by atoms with van der Waals surface area (Å²) in [5.74, 6) is -4.30. The van der Waals surface area contributed by atoms with Gasteiger partial charge in [-0.2, -0.15) is 17.6 Å². The number of anilines is 1. The van der Waals surface area contributed by atoms with Crippen LogP contribution >= 0.6 is 0 Å². The molecule has 1 unspecified atom stereocenters. The van der Waals surface area contributed by atoms with Crippen LogP contribution in [0, 0.1) is 0 Å². The van der Waals surface area contributed by atoms with Crippen LogP contribution in [0.25, 0.3) is 0 Å². The summed E-state index contributed by atoms with van der Waals surface area (Å²) in [6.07, 6.45) is -3.83. The van der Waals surface area contributed by atoms with E-state index in [1.807, 2.05) is 0 Å². The van der Waals surface area contributed by atoms with Crippen molar-refractivity contribution in [3.05, 3.63) is 59.7 Å². The summed E-state index contributed by atoms with van der Waals surface area (Å²) in [7, 11) is 0. The molecule has 2 aromatic rings. The Labute approximate surface area is 174 Å². The quantitative estimate of drug-likeness (QED) is 0.464. The molecule has 2 N–H and O–H groups in total. The Morgan fingerprint density at radius 2 is 1.77 bits per heavy atom. The maximum absolute atomic E-state index is 12.9. The highest BCUT2D eigenvalue weighted by Gasteiger charge is 2.40. The van der Waals surface area contributed by atoms with E-state index in [2.05, 4.69) is 20.1 Å². The van der Waals surface area contributed by atoms with Gasteiger partial charge in [-0.15, -0.1) is 0 Å². The minimum absolute atomic E-state index is 0.0494. The van der Waals surface area contributed by atoms with Gasteiger partial charge in [-0.1, -0.05) is 24.3 Å². The molecule has 2 rings (SSSR count). The molecule has 0 aromatic heterocycles. The van der Waals surface area contributed by atoms with Gasteiger partial charge in [0.2, 0.25) is 0 Å². The second-order valence-electron chi connectivity index (χ2n) is 6.53. The molecule has 0 aliphatic heterocycles. The molecule has 0 spiro atoms. The summed E-state index contributed by atoms with van der Waals surface area (Å²) in [5, 5.41) is 5.14. The predicted molar refractivity (Wildman–Crippen MR) is 101 cm³/mol. The normalized spacial score (nSPS) is 12.7. The zero-order chi connectivity index (χ0) is 23.0. The van der Waals surface area contributed by atoms with E-state index in [4.69, 9.17) is 0 Å². The van der Waals surface area contributed by atoms with Gasteiger partial charge in [0, 0.05) is 5.69 Å². The number of alkyl halides is 6. The number of carbonyl (C=O) groups excluding carboxylic acids is 1. The van der Waals surface area contributed by atoms with Gasteiger partial charge in [-0.3, -0.25) is 0 Å². The van der Waals surface area contributed by atoms with Crippen molar-refractivity contribution in [3.63, 3.8) is 0 Å². The molecule has 0 aliphatic rings. The monoisotopic (exact) mass is 450 g/mol. The lowest BCUT2D eigenvalue weighted by Gasteiger charge is -2.17. The number of amides is 2. The van der Waals surface area contributed by atoms with Crippen LogP contribution in [-0.4, -0.2) is 31.6 Å². The number of urea groups is 1. The molecule has 0 saturated heterocycles. The molecule has 1 atom stereocenters. The van der Waals surface area contributed by atoms with Crippen molar-refractivity contribution in [3.8, 4) is 5.75 Å². The predicted octanol–water partition coefficient (Wildman–Crippen LogP) is 5.59. The van der Waals surface area contributed by atoms with E-state index in [9.17, 15) is 31.1 Å². The van der Waals surface area contributed by atoms with E-state index in [0.717, 1.165) is 0 Å². The van der Waals surface area contributed by atoms with Crippen molar-refractivity contribution in [1.29, 1.82) is 0 Å². The highest BCUT2D eigenvalue weighted by atomic mass is 19.3. The molecule has 0 fully saturated rings. The molecule has 31 heavy (non-hydrogen) atoms. The Balaban J connectivity index is 1.90. The van der Waals surface area contributed by atoms with Crippen LogP contribution in [0.5, 0.6) is 5.75 Å². The first-order valence-corrected chi connectivity index (χ1v) is 9.02. The minimum atomic E-state index is -4.25.